The zero-order valence-electron chi connectivity index (χ0n) is 23.6. The number of piperidine rings is 1. The van der Waals surface area contributed by atoms with Crippen LogP contribution in [0.15, 0.2) is 30.7 Å². The Bertz CT molecular complexity index is 1010. The number of aromatic nitrogens is 2. The lowest BCUT2D eigenvalue weighted by molar-refractivity contribution is 0.133. The van der Waals surface area contributed by atoms with Crippen molar-refractivity contribution in [2.75, 3.05) is 85.1 Å². The number of piperazine rings is 1. The number of imidazole rings is 1. The van der Waals surface area contributed by atoms with E-state index in [2.05, 4.69) is 43.7 Å². The molecule has 0 bridgehead atoms. The van der Waals surface area contributed by atoms with Gasteiger partial charge in [0.25, 0.3) is 0 Å². The van der Waals surface area contributed by atoms with Crippen LogP contribution in [0.4, 0.5) is 10.5 Å². The number of anilines is 1. The van der Waals surface area contributed by atoms with Crippen molar-refractivity contribution in [2.45, 2.75) is 38.8 Å². The van der Waals surface area contributed by atoms with E-state index in [1.807, 2.05) is 42.5 Å². The number of carbonyl (C=O) groups excluding carboxylic acids is 1. The first-order valence-corrected chi connectivity index (χ1v) is 13.9. The van der Waals surface area contributed by atoms with Crippen molar-refractivity contribution in [3.63, 3.8) is 0 Å². The zero-order chi connectivity index (χ0) is 26.9. The predicted octanol–water partition coefficient (Wildman–Crippen LogP) is 2.53. The maximum absolute atomic E-state index is 13.5. The van der Waals surface area contributed by atoms with E-state index < -0.39 is 0 Å². The van der Waals surface area contributed by atoms with Gasteiger partial charge in [0.1, 0.15) is 6.61 Å². The van der Waals surface area contributed by atoms with Crippen LogP contribution in [0.1, 0.15) is 25.0 Å². The zero-order valence-corrected chi connectivity index (χ0v) is 23.6. The smallest absolute Gasteiger partial charge is 0.322 e. The van der Waals surface area contributed by atoms with E-state index in [0.29, 0.717) is 24.7 Å². The summed E-state index contributed by atoms with van der Waals surface area (Å²) in [6.45, 7) is 11.2. The molecule has 0 aliphatic carbocycles. The third-order valence-corrected chi connectivity index (χ3v) is 7.73. The summed E-state index contributed by atoms with van der Waals surface area (Å²) < 4.78 is 13.9. The molecule has 3 heterocycles. The van der Waals surface area contributed by atoms with E-state index in [9.17, 15) is 4.79 Å². The Morgan fingerprint density at radius 3 is 2.47 bits per heavy atom. The Labute approximate surface area is 227 Å². The molecule has 2 aliphatic rings. The van der Waals surface area contributed by atoms with Gasteiger partial charge in [-0.05, 0) is 65.5 Å². The van der Waals surface area contributed by atoms with Crippen LogP contribution >= 0.6 is 0 Å². The molecule has 0 radical (unpaired) electrons. The van der Waals surface area contributed by atoms with Crippen molar-refractivity contribution >= 4 is 11.7 Å². The number of carbonyl (C=O) groups is 1. The highest BCUT2D eigenvalue weighted by Crippen LogP contribution is 2.34. The molecule has 38 heavy (non-hydrogen) atoms. The third kappa shape index (κ3) is 7.61. The molecule has 0 unspecified atom stereocenters. The van der Waals surface area contributed by atoms with E-state index in [0.717, 1.165) is 83.0 Å². The molecule has 2 saturated heterocycles. The predicted molar refractivity (Wildman–Crippen MR) is 150 cm³/mol. The highest BCUT2D eigenvalue weighted by Gasteiger charge is 2.29. The van der Waals surface area contributed by atoms with Crippen LogP contribution < -0.4 is 19.7 Å². The van der Waals surface area contributed by atoms with E-state index in [4.69, 9.17) is 9.47 Å². The normalized spacial score (nSPS) is 17.9. The summed E-state index contributed by atoms with van der Waals surface area (Å²) in [6.07, 6.45) is 6.40. The Morgan fingerprint density at radius 1 is 1.05 bits per heavy atom. The van der Waals surface area contributed by atoms with Crippen molar-refractivity contribution in [2.24, 2.45) is 0 Å². The molecule has 1 aromatic heterocycles. The molecule has 1 N–H and O–H groups in total. The molecule has 10 nitrogen and oxygen atoms in total. The van der Waals surface area contributed by atoms with E-state index in [1.165, 1.54) is 0 Å². The molecule has 0 spiro atoms. The summed E-state index contributed by atoms with van der Waals surface area (Å²) in [4.78, 5) is 26.7. The molecule has 2 aliphatic heterocycles. The Kier molecular flexibility index (Phi) is 10.3. The lowest BCUT2D eigenvalue weighted by Gasteiger charge is -2.37. The second-order valence-electron chi connectivity index (χ2n) is 10.5. The van der Waals surface area contributed by atoms with Crippen LogP contribution in [0.2, 0.25) is 0 Å². The monoisotopic (exact) mass is 527 g/mol. The standard InChI is InChI=1S/C28H45N7O3/c1-23-21-29-22-34(23)11-5-10-30-28(36)35(24-8-12-31(2)13-9-24)25-6-7-26(27(20-25)37-4)38-19-18-33-16-14-32(3)15-17-33/h6-7,20-22,24H,5,8-19H2,1-4H3,(H,30,36). The van der Waals surface area contributed by atoms with Crippen LogP contribution in [0.3, 0.4) is 0 Å². The van der Waals surface area contributed by atoms with Gasteiger partial charge in [0.05, 0.1) is 13.4 Å². The summed E-state index contributed by atoms with van der Waals surface area (Å²) in [5.74, 6) is 1.37. The van der Waals surface area contributed by atoms with Gasteiger partial charge < -0.3 is 29.2 Å². The molecular formula is C28H45N7O3. The number of aryl methyl sites for hydroxylation is 2. The fourth-order valence-corrected chi connectivity index (χ4v) is 5.18. The lowest BCUT2D eigenvalue weighted by atomic mass is 10.0. The SMILES string of the molecule is COc1cc(N(C(=O)NCCCn2cncc2C)C2CCN(C)CC2)ccc1OCCN1CCN(C)CC1. The van der Waals surface area contributed by atoms with E-state index in [-0.39, 0.29) is 12.1 Å². The van der Waals surface area contributed by atoms with Crippen LogP contribution in [0.5, 0.6) is 11.5 Å². The molecule has 1 aromatic carbocycles. The Hall–Kier alpha value is -2.82. The number of likely N-dealkylation sites (tertiary alicyclic amines) is 1. The first-order valence-electron chi connectivity index (χ1n) is 13.9. The number of methoxy groups -OCH3 is 1. The number of hydrogen-bond acceptors (Lipinski definition) is 7. The molecule has 10 heteroatoms. The third-order valence-electron chi connectivity index (χ3n) is 7.73. The lowest BCUT2D eigenvalue weighted by Crippen LogP contribution is -2.50. The number of nitrogens with one attached hydrogen (secondary N) is 1. The highest BCUT2D eigenvalue weighted by molar-refractivity contribution is 5.93. The number of ether oxygens (including phenoxy) is 2. The minimum Gasteiger partial charge on any atom is -0.493 e. The van der Waals surface area contributed by atoms with Crippen LogP contribution in [-0.4, -0.2) is 116 Å². The average Bonchev–Trinajstić information content (AvgIpc) is 3.34. The summed E-state index contributed by atoms with van der Waals surface area (Å²) in [5.41, 5.74) is 1.97. The number of likely N-dealkylation sites (N-methyl/N-ethyl adjacent to an activating group) is 1. The van der Waals surface area contributed by atoms with Crippen molar-refractivity contribution in [1.82, 2.24) is 29.6 Å². The Balaban J connectivity index is 1.39. The maximum Gasteiger partial charge on any atom is 0.322 e. The van der Waals surface area contributed by atoms with Crippen LogP contribution in [0, 0.1) is 6.92 Å². The second-order valence-corrected chi connectivity index (χ2v) is 10.5. The van der Waals surface area contributed by atoms with Gasteiger partial charge in [0, 0.05) is 75.5 Å². The van der Waals surface area contributed by atoms with Gasteiger partial charge in [-0.15, -0.1) is 0 Å². The minimum absolute atomic E-state index is 0.0623. The molecule has 2 aromatic rings. The second kappa shape index (κ2) is 13.8. The highest BCUT2D eigenvalue weighted by atomic mass is 16.5. The molecule has 2 amide bonds. The molecule has 0 atom stereocenters. The van der Waals surface area contributed by atoms with E-state index >= 15 is 0 Å². The molecule has 0 saturated carbocycles. The fourth-order valence-electron chi connectivity index (χ4n) is 5.18. The molecule has 4 rings (SSSR count). The van der Waals surface area contributed by atoms with Gasteiger partial charge in [-0.25, -0.2) is 9.78 Å². The van der Waals surface area contributed by atoms with Gasteiger partial charge in [-0.3, -0.25) is 9.80 Å². The van der Waals surface area contributed by atoms with Crippen molar-refractivity contribution in [1.29, 1.82) is 0 Å². The average molecular weight is 528 g/mol. The van der Waals surface area contributed by atoms with Crippen molar-refractivity contribution in [3.8, 4) is 11.5 Å². The van der Waals surface area contributed by atoms with Gasteiger partial charge in [0.15, 0.2) is 11.5 Å². The fraction of sp³-hybridized carbons (Fsp3) is 0.643. The van der Waals surface area contributed by atoms with Gasteiger partial charge >= 0.3 is 6.03 Å². The first kappa shape index (κ1) is 28.2. The van der Waals surface area contributed by atoms with Gasteiger partial charge in [-0.1, -0.05) is 0 Å². The summed E-state index contributed by atoms with van der Waals surface area (Å²) in [5, 5.41) is 3.16. The van der Waals surface area contributed by atoms with E-state index in [1.54, 1.807) is 7.11 Å². The van der Waals surface area contributed by atoms with Crippen molar-refractivity contribution in [3.05, 3.63) is 36.4 Å². The van der Waals surface area contributed by atoms with Crippen LogP contribution in [0.25, 0.3) is 0 Å². The quantitative estimate of drug-likeness (QED) is 0.450. The topological polar surface area (TPSA) is 78.3 Å². The van der Waals surface area contributed by atoms with Crippen LogP contribution in [-0.2, 0) is 6.54 Å². The minimum atomic E-state index is -0.0623. The number of benzene rings is 1. The number of urea groups is 1. The van der Waals surface area contributed by atoms with Gasteiger partial charge in [0.2, 0.25) is 0 Å². The molecule has 2 fully saturated rings. The summed E-state index contributed by atoms with van der Waals surface area (Å²) in [6, 6.07) is 5.94. The van der Waals surface area contributed by atoms with Crippen molar-refractivity contribution < 1.29 is 14.3 Å². The molecule has 210 valence electrons. The largest absolute Gasteiger partial charge is 0.493 e. The summed E-state index contributed by atoms with van der Waals surface area (Å²) in [7, 11) is 5.96. The van der Waals surface area contributed by atoms with Gasteiger partial charge in [-0.2, -0.15) is 0 Å². The number of hydrogen-bond donors (Lipinski definition) is 1. The number of amides is 2. The number of rotatable bonds is 11. The first-order chi connectivity index (χ1) is 18.4. The Morgan fingerprint density at radius 2 is 1.79 bits per heavy atom. The maximum atomic E-state index is 13.5. The molecular weight excluding hydrogens is 482 g/mol. The number of nitrogens with zero attached hydrogens (tertiary/aromatic N) is 6. The summed E-state index contributed by atoms with van der Waals surface area (Å²) >= 11 is 0.